The number of carboxylic acids is 1. The molecule has 1 aliphatic carbocycles. The van der Waals surface area contributed by atoms with Crippen LogP contribution < -0.4 is 4.74 Å². The van der Waals surface area contributed by atoms with E-state index >= 15 is 0 Å². The first-order chi connectivity index (χ1) is 7.15. The maximum atomic E-state index is 10.8. The Morgan fingerprint density at radius 2 is 2.33 bits per heavy atom. The molecule has 80 valence electrons. The SMILES string of the molecule is COc1c(Cl)cccc1C1CC1C(=O)O. The standard InChI is InChI=1S/C11H11ClO3/c1-15-10-6(3-2-4-9(10)12)7-5-8(7)11(13)14/h2-4,7-8H,5H2,1H3,(H,13,14). The number of hydrogen-bond donors (Lipinski definition) is 1. The van der Waals surface area contributed by atoms with Gasteiger partial charge >= 0.3 is 5.97 Å². The molecular formula is C11H11ClO3. The van der Waals surface area contributed by atoms with Crippen LogP contribution in [0.5, 0.6) is 5.75 Å². The van der Waals surface area contributed by atoms with Crippen LogP contribution in [0.1, 0.15) is 17.9 Å². The highest BCUT2D eigenvalue weighted by atomic mass is 35.5. The van der Waals surface area contributed by atoms with Crippen LogP contribution >= 0.6 is 11.6 Å². The fraction of sp³-hybridized carbons (Fsp3) is 0.364. The molecule has 0 radical (unpaired) electrons. The molecule has 0 spiro atoms. The number of halogens is 1. The maximum absolute atomic E-state index is 10.8. The lowest BCUT2D eigenvalue weighted by atomic mass is 10.1. The quantitative estimate of drug-likeness (QED) is 0.862. The van der Waals surface area contributed by atoms with Gasteiger partial charge < -0.3 is 9.84 Å². The summed E-state index contributed by atoms with van der Waals surface area (Å²) in [6.45, 7) is 0. The molecule has 2 rings (SSSR count). The maximum Gasteiger partial charge on any atom is 0.307 e. The topological polar surface area (TPSA) is 46.5 Å². The lowest BCUT2D eigenvalue weighted by molar-refractivity contribution is -0.138. The van der Waals surface area contributed by atoms with Crippen LogP contribution in [-0.2, 0) is 4.79 Å². The van der Waals surface area contributed by atoms with E-state index in [1.165, 1.54) is 0 Å². The number of benzene rings is 1. The highest BCUT2D eigenvalue weighted by Crippen LogP contribution is 2.51. The molecule has 0 aliphatic heterocycles. The Hall–Kier alpha value is -1.22. The summed E-state index contributed by atoms with van der Waals surface area (Å²) >= 11 is 5.96. The van der Waals surface area contributed by atoms with Crippen molar-refractivity contribution in [3.05, 3.63) is 28.8 Å². The molecule has 1 fully saturated rings. The molecule has 0 heterocycles. The third-order valence-electron chi connectivity index (χ3n) is 2.71. The summed E-state index contributed by atoms with van der Waals surface area (Å²) in [7, 11) is 1.54. The second-order valence-corrected chi connectivity index (χ2v) is 4.06. The van der Waals surface area contributed by atoms with E-state index in [0.717, 1.165) is 5.56 Å². The Morgan fingerprint density at radius 1 is 1.60 bits per heavy atom. The molecule has 0 amide bonds. The van der Waals surface area contributed by atoms with Gasteiger partial charge in [0.25, 0.3) is 0 Å². The Balaban J connectivity index is 2.30. The van der Waals surface area contributed by atoms with Gasteiger partial charge in [-0.05, 0) is 18.1 Å². The number of carboxylic acid groups (broad SMARTS) is 1. The number of ether oxygens (including phenoxy) is 1. The van der Waals surface area contributed by atoms with Gasteiger partial charge in [-0.15, -0.1) is 0 Å². The van der Waals surface area contributed by atoms with Crippen molar-refractivity contribution in [2.45, 2.75) is 12.3 Å². The van der Waals surface area contributed by atoms with Crippen molar-refractivity contribution in [2.75, 3.05) is 7.11 Å². The van der Waals surface area contributed by atoms with Crippen LogP contribution in [0, 0.1) is 5.92 Å². The van der Waals surface area contributed by atoms with E-state index in [2.05, 4.69) is 0 Å². The summed E-state index contributed by atoms with van der Waals surface area (Å²) in [5, 5.41) is 9.38. The molecule has 2 unspecified atom stereocenters. The molecular weight excluding hydrogens is 216 g/mol. The summed E-state index contributed by atoms with van der Waals surface area (Å²) in [6.07, 6.45) is 0.673. The van der Waals surface area contributed by atoms with Gasteiger partial charge in [-0.2, -0.15) is 0 Å². The van der Waals surface area contributed by atoms with E-state index in [1.54, 1.807) is 13.2 Å². The molecule has 15 heavy (non-hydrogen) atoms. The van der Waals surface area contributed by atoms with Crippen LogP contribution in [0.3, 0.4) is 0 Å². The number of aliphatic carboxylic acids is 1. The first-order valence-electron chi connectivity index (χ1n) is 4.70. The molecule has 3 nitrogen and oxygen atoms in total. The molecule has 1 aromatic rings. The van der Waals surface area contributed by atoms with Crippen LogP contribution in [0.2, 0.25) is 5.02 Å². The second-order valence-electron chi connectivity index (χ2n) is 3.65. The van der Waals surface area contributed by atoms with Crippen molar-refractivity contribution >= 4 is 17.6 Å². The van der Waals surface area contributed by atoms with Gasteiger partial charge in [-0.3, -0.25) is 4.79 Å². The molecule has 1 N–H and O–H groups in total. The van der Waals surface area contributed by atoms with Gasteiger partial charge in [-0.25, -0.2) is 0 Å². The van der Waals surface area contributed by atoms with Crippen LogP contribution in [0.4, 0.5) is 0 Å². The first-order valence-corrected chi connectivity index (χ1v) is 5.08. The predicted octanol–water partition coefficient (Wildman–Crippen LogP) is 2.54. The van der Waals surface area contributed by atoms with Gasteiger partial charge in [0.2, 0.25) is 0 Å². The minimum absolute atomic E-state index is 0.0520. The molecule has 0 aromatic heterocycles. The third kappa shape index (κ3) is 1.79. The van der Waals surface area contributed by atoms with Crippen LogP contribution in [0.25, 0.3) is 0 Å². The smallest absolute Gasteiger partial charge is 0.307 e. The van der Waals surface area contributed by atoms with E-state index in [1.807, 2.05) is 12.1 Å². The zero-order valence-corrected chi connectivity index (χ0v) is 8.99. The summed E-state index contributed by atoms with van der Waals surface area (Å²) in [6, 6.07) is 5.43. The average Bonchev–Trinajstić information content (AvgIpc) is 2.96. The van der Waals surface area contributed by atoms with Gasteiger partial charge in [0.1, 0.15) is 5.75 Å². The monoisotopic (exact) mass is 226 g/mol. The summed E-state index contributed by atoms with van der Waals surface area (Å²) < 4.78 is 5.18. The Labute approximate surface area is 92.6 Å². The number of methoxy groups -OCH3 is 1. The molecule has 2 atom stereocenters. The summed E-state index contributed by atoms with van der Waals surface area (Å²) in [5.74, 6) is -0.372. The van der Waals surface area contributed by atoms with Gasteiger partial charge in [0, 0.05) is 5.92 Å². The Morgan fingerprint density at radius 3 is 2.87 bits per heavy atom. The lowest BCUT2D eigenvalue weighted by Crippen LogP contribution is -2.00. The van der Waals surface area contributed by atoms with Crippen molar-refractivity contribution in [3.63, 3.8) is 0 Å². The van der Waals surface area contributed by atoms with Crippen molar-refractivity contribution in [1.82, 2.24) is 0 Å². The van der Waals surface area contributed by atoms with Crippen molar-refractivity contribution in [1.29, 1.82) is 0 Å². The fourth-order valence-corrected chi connectivity index (χ4v) is 2.10. The molecule has 1 aliphatic rings. The zero-order chi connectivity index (χ0) is 11.0. The van der Waals surface area contributed by atoms with Crippen molar-refractivity contribution < 1.29 is 14.6 Å². The molecule has 4 heteroatoms. The number of para-hydroxylation sites is 1. The second kappa shape index (κ2) is 3.74. The van der Waals surface area contributed by atoms with E-state index in [9.17, 15) is 4.79 Å². The first kappa shape index (κ1) is 10.3. The van der Waals surface area contributed by atoms with Crippen LogP contribution in [0.15, 0.2) is 18.2 Å². The minimum atomic E-state index is -0.748. The highest BCUT2D eigenvalue weighted by Gasteiger charge is 2.45. The van der Waals surface area contributed by atoms with Crippen molar-refractivity contribution in [3.8, 4) is 5.75 Å². The molecule has 0 saturated heterocycles. The Kier molecular flexibility index (Phi) is 2.57. The number of rotatable bonds is 3. The third-order valence-corrected chi connectivity index (χ3v) is 3.01. The number of hydrogen-bond acceptors (Lipinski definition) is 2. The normalized spacial score (nSPS) is 23.6. The zero-order valence-electron chi connectivity index (χ0n) is 8.24. The van der Waals surface area contributed by atoms with E-state index in [-0.39, 0.29) is 11.8 Å². The average molecular weight is 227 g/mol. The summed E-state index contributed by atoms with van der Waals surface area (Å²) in [5.41, 5.74) is 0.900. The fourth-order valence-electron chi connectivity index (χ4n) is 1.84. The lowest BCUT2D eigenvalue weighted by Gasteiger charge is -2.08. The Bertz CT molecular complexity index is 403. The highest BCUT2D eigenvalue weighted by molar-refractivity contribution is 6.32. The largest absolute Gasteiger partial charge is 0.495 e. The van der Waals surface area contributed by atoms with Gasteiger partial charge in [-0.1, -0.05) is 23.7 Å². The molecule has 1 saturated carbocycles. The predicted molar refractivity (Wildman–Crippen MR) is 56.5 cm³/mol. The van der Waals surface area contributed by atoms with Crippen LogP contribution in [-0.4, -0.2) is 18.2 Å². The van der Waals surface area contributed by atoms with Gasteiger partial charge in [0.05, 0.1) is 18.1 Å². The summed E-state index contributed by atoms with van der Waals surface area (Å²) in [4.78, 5) is 10.8. The van der Waals surface area contributed by atoms with Gasteiger partial charge in [0.15, 0.2) is 0 Å². The van der Waals surface area contributed by atoms with E-state index in [4.69, 9.17) is 21.4 Å². The van der Waals surface area contributed by atoms with E-state index < -0.39 is 5.97 Å². The van der Waals surface area contributed by atoms with E-state index in [0.29, 0.717) is 17.2 Å². The molecule has 0 bridgehead atoms. The number of carbonyl (C=O) groups is 1. The van der Waals surface area contributed by atoms with Crippen molar-refractivity contribution in [2.24, 2.45) is 5.92 Å². The minimum Gasteiger partial charge on any atom is -0.495 e. The molecule has 1 aromatic carbocycles.